The van der Waals surface area contributed by atoms with Crippen molar-refractivity contribution in [2.45, 2.75) is 38.6 Å². The van der Waals surface area contributed by atoms with Crippen LogP contribution < -0.4 is 16.0 Å². The molecule has 1 saturated heterocycles. The van der Waals surface area contributed by atoms with Crippen LogP contribution in [0.2, 0.25) is 0 Å². The average molecular weight is 400 g/mol. The van der Waals surface area contributed by atoms with Crippen LogP contribution in [0.25, 0.3) is 11.1 Å². The van der Waals surface area contributed by atoms with Crippen molar-refractivity contribution in [2.24, 2.45) is 11.1 Å². The van der Waals surface area contributed by atoms with E-state index in [9.17, 15) is 13.6 Å². The number of carbonyl (C=O) groups excluding carboxylic acids is 1. The van der Waals surface area contributed by atoms with Crippen LogP contribution in [0.5, 0.6) is 0 Å². The Morgan fingerprint density at radius 3 is 2.45 bits per heavy atom. The van der Waals surface area contributed by atoms with Gasteiger partial charge in [-0.05, 0) is 49.3 Å². The smallest absolute Gasteiger partial charge is 0.255 e. The number of carbonyl (C=O) groups is 1. The van der Waals surface area contributed by atoms with Crippen LogP contribution in [0.3, 0.4) is 0 Å². The molecule has 1 aliphatic carbocycles. The molecule has 2 aliphatic rings. The van der Waals surface area contributed by atoms with Crippen molar-refractivity contribution in [2.75, 3.05) is 24.5 Å². The van der Waals surface area contributed by atoms with Crippen molar-refractivity contribution in [3.63, 3.8) is 0 Å². The number of pyridine rings is 1. The summed E-state index contributed by atoms with van der Waals surface area (Å²) in [5.74, 6) is -1.58. The van der Waals surface area contributed by atoms with Crippen LogP contribution in [-0.4, -0.2) is 36.1 Å². The molecule has 1 atom stereocenters. The molecule has 1 aromatic carbocycles. The second kappa shape index (κ2) is 7.06. The Kier molecular flexibility index (Phi) is 4.81. The highest BCUT2D eigenvalue weighted by Crippen LogP contribution is 2.44. The molecular formula is C22H26F2N4O. The van der Waals surface area contributed by atoms with Crippen LogP contribution in [0.1, 0.15) is 43.5 Å². The van der Waals surface area contributed by atoms with Crippen LogP contribution >= 0.6 is 0 Å². The Balaban J connectivity index is 1.77. The van der Waals surface area contributed by atoms with E-state index in [2.05, 4.69) is 17.2 Å². The topological polar surface area (TPSA) is 71.2 Å². The minimum atomic E-state index is -0.674. The number of hydrogen-bond donors (Lipinski definition) is 2. The Bertz CT molecular complexity index is 936. The second-order valence-corrected chi connectivity index (χ2v) is 9.06. The fraction of sp³-hybridized carbons (Fsp3) is 0.455. The zero-order valence-electron chi connectivity index (χ0n) is 16.8. The fourth-order valence-electron chi connectivity index (χ4n) is 3.84. The van der Waals surface area contributed by atoms with Gasteiger partial charge in [-0.25, -0.2) is 8.78 Å². The highest BCUT2D eigenvalue weighted by Gasteiger charge is 2.38. The van der Waals surface area contributed by atoms with Gasteiger partial charge >= 0.3 is 0 Å². The maximum absolute atomic E-state index is 13.9. The van der Waals surface area contributed by atoms with Gasteiger partial charge in [0.1, 0.15) is 11.6 Å². The summed E-state index contributed by atoms with van der Waals surface area (Å²) in [6, 6.07) is 3.35. The first-order valence-electron chi connectivity index (χ1n) is 9.92. The first kappa shape index (κ1) is 19.8. The summed E-state index contributed by atoms with van der Waals surface area (Å²) in [4.78, 5) is 19.2. The molecule has 1 aromatic heterocycles. The second-order valence-electron chi connectivity index (χ2n) is 9.06. The number of anilines is 1. The van der Waals surface area contributed by atoms with E-state index in [0.717, 1.165) is 25.3 Å². The van der Waals surface area contributed by atoms with E-state index in [1.165, 1.54) is 18.3 Å². The van der Waals surface area contributed by atoms with Gasteiger partial charge in [0.2, 0.25) is 0 Å². The van der Waals surface area contributed by atoms with Crippen molar-refractivity contribution in [3.8, 4) is 11.1 Å². The summed E-state index contributed by atoms with van der Waals surface area (Å²) < 4.78 is 27.8. The Morgan fingerprint density at radius 2 is 1.86 bits per heavy atom. The fourth-order valence-corrected chi connectivity index (χ4v) is 3.84. The van der Waals surface area contributed by atoms with Crippen LogP contribution in [0.4, 0.5) is 14.5 Å². The highest BCUT2D eigenvalue weighted by atomic mass is 19.1. The molecule has 0 spiro atoms. The molecule has 2 fully saturated rings. The number of nitrogens with two attached hydrogens (primary N) is 1. The first-order chi connectivity index (χ1) is 13.7. The average Bonchev–Trinajstić information content (AvgIpc) is 3.28. The molecule has 0 unspecified atom stereocenters. The van der Waals surface area contributed by atoms with E-state index >= 15 is 0 Å². The summed E-state index contributed by atoms with van der Waals surface area (Å²) in [6.07, 6.45) is 6.02. The van der Waals surface area contributed by atoms with Crippen LogP contribution in [0, 0.1) is 17.0 Å². The zero-order valence-corrected chi connectivity index (χ0v) is 16.8. The predicted molar refractivity (Wildman–Crippen MR) is 109 cm³/mol. The molecule has 5 nitrogen and oxygen atoms in total. The largest absolute Gasteiger partial charge is 0.368 e. The molecule has 29 heavy (non-hydrogen) atoms. The summed E-state index contributed by atoms with van der Waals surface area (Å²) in [7, 11) is 0. The SMILES string of the molecule is CC1(CNC(=O)c2cncc(-c3cc(F)cc(F)c3)c2N2CC[C@](C)(N)C2)CC1. The maximum Gasteiger partial charge on any atom is 0.255 e. The number of hydrogen-bond acceptors (Lipinski definition) is 4. The van der Waals surface area contributed by atoms with Gasteiger partial charge < -0.3 is 16.0 Å². The van der Waals surface area contributed by atoms with Gasteiger partial charge in [0.25, 0.3) is 5.91 Å². The van der Waals surface area contributed by atoms with E-state index in [1.807, 2.05) is 11.8 Å². The zero-order chi connectivity index (χ0) is 20.8. The molecule has 154 valence electrons. The number of aromatic nitrogens is 1. The standard InChI is InChI=1S/C22H26F2N4O/c1-21(3-4-21)12-27-20(29)18-11-26-10-17(14-7-15(23)9-16(24)8-14)19(18)28-6-5-22(2,25)13-28/h7-11H,3-6,12-13,25H2,1-2H3,(H,27,29)/t22-/m0/s1. The summed E-state index contributed by atoms with van der Waals surface area (Å²) in [6.45, 7) is 5.89. The van der Waals surface area contributed by atoms with Gasteiger partial charge in [-0.1, -0.05) is 6.92 Å². The van der Waals surface area contributed by atoms with Gasteiger partial charge in [-0.15, -0.1) is 0 Å². The van der Waals surface area contributed by atoms with Crippen molar-refractivity contribution in [1.29, 1.82) is 0 Å². The molecule has 7 heteroatoms. The number of benzene rings is 1. The number of nitrogens with zero attached hydrogens (tertiary/aromatic N) is 2. The third kappa shape index (κ3) is 4.24. The molecular weight excluding hydrogens is 374 g/mol. The molecule has 2 heterocycles. The molecule has 0 radical (unpaired) electrons. The molecule has 0 bridgehead atoms. The summed E-state index contributed by atoms with van der Waals surface area (Å²) in [5, 5.41) is 3.00. The minimum absolute atomic E-state index is 0.163. The Hall–Kier alpha value is -2.54. The van der Waals surface area contributed by atoms with Gasteiger partial charge in [-0.3, -0.25) is 9.78 Å². The van der Waals surface area contributed by atoms with Crippen molar-refractivity contribution in [1.82, 2.24) is 10.3 Å². The van der Waals surface area contributed by atoms with Gasteiger partial charge in [0.05, 0.1) is 11.3 Å². The van der Waals surface area contributed by atoms with E-state index < -0.39 is 17.2 Å². The third-order valence-electron chi connectivity index (χ3n) is 5.94. The van der Waals surface area contributed by atoms with Crippen molar-refractivity contribution >= 4 is 11.6 Å². The van der Waals surface area contributed by atoms with E-state index in [0.29, 0.717) is 42.0 Å². The molecule has 1 amide bonds. The Labute approximate surface area is 169 Å². The van der Waals surface area contributed by atoms with Crippen molar-refractivity contribution in [3.05, 3.63) is 47.8 Å². The van der Waals surface area contributed by atoms with E-state index in [4.69, 9.17) is 5.73 Å². The number of halogens is 2. The van der Waals surface area contributed by atoms with Crippen LogP contribution in [-0.2, 0) is 0 Å². The van der Waals surface area contributed by atoms with Gasteiger partial charge in [-0.2, -0.15) is 0 Å². The summed E-state index contributed by atoms with van der Waals surface area (Å²) >= 11 is 0. The van der Waals surface area contributed by atoms with E-state index in [-0.39, 0.29) is 11.3 Å². The molecule has 4 rings (SSSR count). The lowest BCUT2D eigenvalue weighted by molar-refractivity contribution is 0.0946. The monoisotopic (exact) mass is 400 g/mol. The molecule has 1 aliphatic heterocycles. The lowest BCUT2D eigenvalue weighted by Crippen LogP contribution is -2.40. The third-order valence-corrected chi connectivity index (χ3v) is 5.94. The van der Waals surface area contributed by atoms with Crippen LogP contribution in [0.15, 0.2) is 30.6 Å². The minimum Gasteiger partial charge on any atom is -0.368 e. The normalized spacial score (nSPS) is 22.6. The number of amides is 1. The first-order valence-corrected chi connectivity index (χ1v) is 9.92. The molecule has 2 aromatic rings. The van der Waals surface area contributed by atoms with Crippen molar-refractivity contribution < 1.29 is 13.6 Å². The predicted octanol–water partition coefficient (Wildman–Crippen LogP) is 3.48. The highest BCUT2D eigenvalue weighted by molar-refractivity contribution is 6.03. The van der Waals surface area contributed by atoms with Gasteiger partial charge in [0, 0.05) is 49.2 Å². The number of nitrogens with one attached hydrogen (secondary N) is 1. The van der Waals surface area contributed by atoms with E-state index in [1.54, 1.807) is 6.20 Å². The quantitative estimate of drug-likeness (QED) is 0.806. The lowest BCUT2D eigenvalue weighted by Gasteiger charge is -2.26. The summed E-state index contributed by atoms with van der Waals surface area (Å²) in [5.41, 5.74) is 7.96. The molecule has 1 saturated carbocycles. The maximum atomic E-state index is 13.9. The Morgan fingerprint density at radius 1 is 1.17 bits per heavy atom. The van der Waals surface area contributed by atoms with Gasteiger partial charge in [0.15, 0.2) is 0 Å². The lowest BCUT2D eigenvalue weighted by atomic mass is 10.0. The molecule has 3 N–H and O–H groups in total. The number of rotatable bonds is 5.